The molecule has 0 spiro atoms. The van der Waals surface area contributed by atoms with Crippen molar-refractivity contribution >= 4 is 73.1 Å². The number of halogens is 1. The molecular formula is C22H29FN10O8P2S2. The maximum atomic E-state index is 16.1. The fraction of sp³-hybridized carbons (Fsp3) is 0.545. The van der Waals surface area contributed by atoms with E-state index in [9.17, 15) is 14.3 Å². The third-order valence-corrected chi connectivity index (χ3v) is 11.1. The van der Waals surface area contributed by atoms with E-state index in [4.69, 9.17) is 46.1 Å². The summed E-state index contributed by atoms with van der Waals surface area (Å²) in [5.74, 6) is -0.694. The number of nitrogens with two attached hydrogens (primary N) is 2. The van der Waals surface area contributed by atoms with Crippen LogP contribution in [-0.2, 0) is 39.2 Å². The van der Waals surface area contributed by atoms with E-state index in [2.05, 4.69) is 48.9 Å². The maximum absolute atomic E-state index is 16.1. The van der Waals surface area contributed by atoms with Crippen LogP contribution < -0.4 is 17.0 Å². The van der Waals surface area contributed by atoms with Crippen LogP contribution in [0.4, 0.5) is 16.2 Å². The monoisotopic (exact) mass is 706 g/mol. The first-order chi connectivity index (χ1) is 21.3. The van der Waals surface area contributed by atoms with Gasteiger partial charge in [0.25, 0.3) is 5.56 Å². The zero-order valence-corrected chi connectivity index (χ0v) is 26.9. The molecule has 6 N–H and O–H groups in total. The topological polar surface area (TPSA) is 242 Å². The molecule has 18 nitrogen and oxygen atoms in total. The van der Waals surface area contributed by atoms with Gasteiger partial charge in [0, 0.05) is 19.0 Å². The van der Waals surface area contributed by atoms with Crippen molar-refractivity contribution in [2.45, 2.75) is 37.1 Å². The number of rotatable bonds is 4. The fourth-order valence-corrected chi connectivity index (χ4v) is 8.31. The number of ether oxygens (including phenoxy) is 1. The molecule has 1 aliphatic carbocycles. The number of H-pyrrole nitrogens is 1. The molecule has 6 rings (SSSR count). The Morgan fingerprint density at radius 3 is 2.73 bits per heavy atom. The third kappa shape index (κ3) is 6.14. The standard InChI is InChI=1S/C22H29FN10O8P2S2/c1-26-17(24)14-18(27-2)33(8-28-14)21-13(23)16-12(40-21)6-39-42(35,44)38-5-10-9(4-37-43(36,45)41-16)3-11(10)32-7-29-15-19(32)30-22(25)31-20(15)34/h7-13,16,21H,2-6H2,1H3,(H2,24,26)(H,35,44)(H,36,45)(H3,25,30,31,34)/t9-,10-,11-,12-,13-,16-,21-,42?,43?/m1/s1. The van der Waals surface area contributed by atoms with Gasteiger partial charge in [-0.3, -0.25) is 23.9 Å². The smallest absolute Gasteiger partial charge is 0.382 e. The molecule has 0 radical (unpaired) electrons. The van der Waals surface area contributed by atoms with Crippen molar-refractivity contribution in [1.82, 2.24) is 29.1 Å². The number of nitrogen functional groups attached to an aromatic ring is 1. The Bertz CT molecular complexity index is 1820. The van der Waals surface area contributed by atoms with Gasteiger partial charge in [0.15, 0.2) is 29.4 Å². The van der Waals surface area contributed by atoms with Crippen molar-refractivity contribution in [3.8, 4) is 0 Å². The Labute approximate surface area is 264 Å². The third-order valence-electron chi connectivity index (χ3n) is 7.93. The highest BCUT2D eigenvalue weighted by molar-refractivity contribution is 8.44. The second kappa shape index (κ2) is 12.2. The largest absolute Gasteiger partial charge is 0.386 e. The molecular weight excluding hydrogens is 677 g/mol. The minimum absolute atomic E-state index is 0.0323. The molecule has 0 amide bonds. The molecule has 3 aromatic heterocycles. The maximum Gasteiger partial charge on any atom is 0.386 e. The number of imidazole rings is 2. The van der Waals surface area contributed by atoms with Gasteiger partial charge in [-0.25, -0.2) is 23.9 Å². The Balaban J connectivity index is 1.25. The highest BCUT2D eigenvalue weighted by atomic mass is 32.7. The van der Waals surface area contributed by atoms with Crippen molar-refractivity contribution in [3.05, 3.63) is 28.7 Å². The van der Waals surface area contributed by atoms with E-state index >= 15 is 4.39 Å². The van der Waals surface area contributed by atoms with Crippen molar-refractivity contribution in [3.63, 3.8) is 0 Å². The molecule has 2 unspecified atom stereocenters. The summed E-state index contributed by atoms with van der Waals surface area (Å²) >= 11 is 9.34. The molecule has 5 heterocycles. The van der Waals surface area contributed by atoms with E-state index in [1.54, 1.807) is 4.57 Å². The number of hydrogen-bond donors (Lipinski definition) is 5. The van der Waals surface area contributed by atoms with Gasteiger partial charge in [0.2, 0.25) is 5.95 Å². The van der Waals surface area contributed by atoms with E-state index in [0.29, 0.717) is 6.42 Å². The Morgan fingerprint density at radius 1 is 1.27 bits per heavy atom. The molecule has 244 valence electrons. The zero-order chi connectivity index (χ0) is 32.3. The average molecular weight is 707 g/mol. The van der Waals surface area contributed by atoms with Gasteiger partial charge in [-0.2, -0.15) is 4.98 Å². The minimum Gasteiger partial charge on any atom is -0.382 e. The minimum atomic E-state index is -4.20. The number of anilines is 1. The number of aromatic amines is 1. The fourth-order valence-electron chi connectivity index (χ4n) is 5.64. The van der Waals surface area contributed by atoms with Crippen LogP contribution >= 0.6 is 25.8 Å². The predicted molar refractivity (Wildman–Crippen MR) is 166 cm³/mol. The van der Waals surface area contributed by atoms with Crippen LogP contribution in [0.2, 0.25) is 0 Å². The summed E-state index contributed by atoms with van der Waals surface area (Å²) in [5, 5.41) is 0. The van der Waals surface area contributed by atoms with Crippen LogP contribution in [0.5, 0.6) is 0 Å². The van der Waals surface area contributed by atoms with Gasteiger partial charge in [-0.1, -0.05) is 12.2 Å². The molecule has 45 heavy (non-hydrogen) atoms. The Hall–Kier alpha value is -2.58. The number of thiol groups is 1. The lowest BCUT2D eigenvalue weighted by atomic mass is 9.70. The first-order valence-corrected chi connectivity index (χ1v) is 18.7. The molecule has 3 aliphatic rings. The lowest BCUT2D eigenvalue weighted by Crippen LogP contribution is -2.43. The van der Waals surface area contributed by atoms with E-state index < -0.39 is 56.2 Å². The van der Waals surface area contributed by atoms with Gasteiger partial charge in [-0.15, -0.1) is 0 Å². The highest BCUT2D eigenvalue weighted by Crippen LogP contribution is 2.59. The van der Waals surface area contributed by atoms with E-state index in [1.165, 1.54) is 24.3 Å². The van der Waals surface area contributed by atoms with Crippen molar-refractivity contribution in [2.75, 3.05) is 32.6 Å². The van der Waals surface area contributed by atoms with Crippen molar-refractivity contribution < 1.29 is 36.7 Å². The number of nitrogens with one attached hydrogen (secondary N) is 1. The second-order valence-corrected chi connectivity index (χ2v) is 16.2. The summed E-state index contributed by atoms with van der Waals surface area (Å²) in [6, 6.07) is -0.337. The van der Waals surface area contributed by atoms with E-state index in [0.717, 1.165) is 0 Å². The molecule has 2 saturated heterocycles. The summed E-state index contributed by atoms with van der Waals surface area (Å²) in [6.45, 7) is -5.37. The molecule has 0 bridgehead atoms. The lowest BCUT2D eigenvalue weighted by Gasteiger charge is -2.45. The van der Waals surface area contributed by atoms with E-state index in [-0.39, 0.29) is 59.6 Å². The number of aliphatic imine (C=N–C) groups is 2. The number of amidine groups is 1. The number of aromatic nitrogens is 6. The molecule has 3 fully saturated rings. The molecule has 1 saturated carbocycles. The number of alkyl halides is 1. The first kappa shape index (κ1) is 32.4. The summed E-state index contributed by atoms with van der Waals surface area (Å²) in [6.07, 6.45) is -3.08. The highest BCUT2D eigenvalue weighted by Gasteiger charge is 2.52. The number of nitrogens with zero attached hydrogens (tertiary/aromatic N) is 7. The normalized spacial score (nSPS) is 36.3. The first-order valence-electron chi connectivity index (χ1n) is 13.4. The van der Waals surface area contributed by atoms with Gasteiger partial charge in [0.1, 0.15) is 23.7 Å². The van der Waals surface area contributed by atoms with Gasteiger partial charge in [0.05, 0.1) is 32.5 Å². The van der Waals surface area contributed by atoms with Crippen LogP contribution in [0.15, 0.2) is 27.4 Å². The number of hydrogen-bond acceptors (Lipinski definition) is 14. The average Bonchev–Trinajstić information content (AvgIpc) is 3.66. The zero-order valence-electron chi connectivity index (χ0n) is 23.4. The van der Waals surface area contributed by atoms with Crippen LogP contribution in [0.3, 0.4) is 0 Å². The molecule has 2 aliphatic heterocycles. The Morgan fingerprint density at radius 2 is 2.00 bits per heavy atom. The lowest BCUT2D eigenvalue weighted by molar-refractivity contribution is -0.0430. The summed E-state index contributed by atoms with van der Waals surface area (Å²) in [7, 11) is 1.45. The van der Waals surface area contributed by atoms with Gasteiger partial charge < -0.3 is 39.2 Å². The van der Waals surface area contributed by atoms with Gasteiger partial charge in [-0.05, 0) is 30.9 Å². The van der Waals surface area contributed by atoms with E-state index in [1.807, 2.05) is 0 Å². The predicted octanol–water partition coefficient (Wildman–Crippen LogP) is 1.38. The molecule has 9 atom stereocenters. The van der Waals surface area contributed by atoms with Crippen molar-refractivity contribution in [2.24, 2.45) is 27.6 Å². The van der Waals surface area contributed by atoms with Crippen LogP contribution in [-0.4, -0.2) is 91.8 Å². The Kier molecular flexibility index (Phi) is 8.79. The van der Waals surface area contributed by atoms with Crippen LogP contribution in [0.1, 0.15) is 24.4 Å². The summed E-state index contributed by atoms with van der Waals surface area (Å²) in [5.41, 5.74) is 11.6. The molecule has 3 aromatic rings. The second-order valence-electron chi connectivity index (χ2n) is 10.5. The summed E-state index contributed by atoms with van der Waals surface area (Å²) < 4.78 is 60.8. The SMILES string of the molecule is C=Nc1c(C(N)=NC)ncn1[C@@H]1O[C@@H]2COP(O)(=S)OC[C@@H]3[C@@H](COP(=O)(S)O[C@H]2[C@H]1F)C[C@H]3n1cnc2c(=O)[nH]c(N)nc21. The summed E-state index contributed by atoms with van der Waals surface area (Å²) in [4.78, 5) is 45.8. The quantitative estimate of drug-likeness (QED) is 0.111. The molecule has 23 heteroatoms. The van der Waals surface area contributed by atoms with Crippen LogP contribution in [0.25, 0.3) is 11.2 Å². The van der Waals surface area contributed by atoms with Crippen LogP contribution in [0, 0.1) is 11.8 Å². The number of fused-ring (bicyclic) bond motifs is 3. The van der Waals surface area contributed by atoms with Gasteiger partial charge >= 0.3 is 13.5 Å². The van der Waals surface area contributed by atoms with Crippen molar-refractivity contribution in [1.29, 1.82) is 0 Å². The molecule has 0 aromatic carbocycles.